The second-order valence-electron chi connectivity index (χ2n) is 2.18. The Kier molecular flexibility index (Phi) is 4.53. The molecule has 0 aromatic rings. The molecule has 64 valence electrons. The molecule has 12 heavy (non-hydrogen) atoms. The van der Waals surface area contributed by atoms with Crippen LogP contribution in [0.3, 0.4) is 0 Å². The maximum Gasteiger partial charge on any atom is 0.106 e. The highest BCUT2D eigenvalue weighted by Gasteiger charge is 1.76. The second-order valence-corrected chi connectivity index (χ2v) is 2.18. The predicted molar refractivity (Wildman–Crippen MR) is 48.5 cm³/mol. The molecule has 2 heteroatoms. The Balaban J connectivity index is 0.000000120. The van der Waals surface area contributed by atoms with Gasteiger partial charge in [0.2, 0.25) is 0 Å². The number of hydrogen-bond donors (Lipinski definition) is 0. The monoisotopic (exact) mass is 164 g/mol. The summed E-state index contributed by atoms with van der Waals surface area (Å²) in [6.45, 7) is 1.47. The largest absolute Gasteiger partial charge is 0.497 e. The fourth-order valence-corrected chi connectivity index (χ4v) is 0.692. The smallest absolute Gasteiger partial charge is 0.106 e. The Labute approximate surface area is 72.5 Å². The number of rotatable bonds is 0. The van der Waals surface area contributed by atoms with Gasteiger partial charge in [-0.05, 0) is 24.3 Å². The van der Waals surface area contributed by atoms with E-state index in [1.807, 2.05) is 36.5 Å². The Hall–Kier alpha value is -1.44. The average Bonchev–Trinajstić information content (AvgIpc) is 2.24. The average molecular weight is 164 g/mol. The molecule has 0 radical (unpaired) electrons. The van der Waals surface area contributed by atoms with Gasteiger partial charge in [0.15, 0.2) is 0 Å². The van der Waals surface area contributed by atoms with Crippen molar-refractivity contribution in [1.29, 1.82) is 0 Å². The second kappa shape index (κ2) is 6.28. The number of ether oxygens (including phenoxy) is 2. The number of hydrogen-bond acceptors (Lipinski definition) is 2. The lowest BCUT2D eigenvalue weighted by molar-refractivity contribution is 0.286. The van der Waals surface area contributed by atoms with Crippen LogP contribution in [0.4, 0.5) is 0 Å². The standard InChI is InChI=1S/2C5H6O/c2*1-2-4-6-5-3-1/h2*1-4H,5H2. The van der Waals surface area contributed by atoms with Crippen molar-refractivity contribution in [3.05, 3.63) is 49.0 Å². The first-order valence-electron chi connectivity index (χ1n) is 3.87. The molecule has 2 aliphatic rings. The highest BCUT2D eigenvalue weighted by molar-refractivity contribution is 5.03. The fraction of sp³-hybridized carbons (Fsp3) is 0.200. The van der Waals surface area contributed by atoms with Crippen molar-refractivity contribution in [1.82, 2.24) is 0 Å². The zero-order valence-corrected chi connectivity index (χ0v) is 6.85. The molecule has 0 bridgehead atoms. The van der Waals surface area contributed by atoms with Gasteiger partial charge in [-0.25, -0.2) is 0 Å². The number of allylic oxidation sites excluding steroid dienone is 4. The van der Waals surface area contributed by atoms with Crippen molar-refractivity contribution in [3.63, 3.8) is 0 Å². The normalized spacial score (nSPS) is 17.3. The molecule has 0 aromatic carbocycles. The minimum atomic E-state index is 0.733. The molecule has 2 nitrogen and oxygen atoms in total. The first kappa shape index (κ1) is 8.65. The van der Waals surface area contributed by atoms with Crippen molar-refractivity contribution >= 4 is 0 Å². The molecule has 0 aliphatic carbocycles. The van der Waals surface area contributed by atoms with Crippen LogP contribution in [0.25, 0.3) is 0 Å². The molecule has 2 heterocycles. The quantitative estimate of drug-likeness (QED) is 0.546. The zero-order valence-electron chi connectivity index (χ0n) is 6.85. The van der Waals surface area contributed by atoms with Gasteiger partial charge in [-0.3, -0.25) is 0 Å². The van der Waals surface area contributed by atoms with Crippen LogP contribution in [0, 0.1) is 0 Å². The first-order valence-corrected chi connectivity index (χ1v) is 3.87. The lowest BCUT2D eigenvalue weighted by Gasteiger charge is -1.94. The summed E-state index contributed by atoms with van der Waals surface area (Å²) >= 11 is 0. The minimum absolute atomic E-state index is 0.733. The van der Waals surface area contributed by atoms with Gasteiger partial charge in [-0.2, -0.15) is 0 Å². The van der Waals surface area contributed by atoms with Crippen LogP contribution in [0.5, 0.6) is 0 Å². The van der Waals surface area contributed by atoms with E-state index in [4.69, 9.17) is 9.47 Å². The molecular weight excluding hydrogens is 152 g/mol. The van der Waals surface area contributed by atoms with Crippen molar-refractivity contribution < 1.29 is 9.47 Å². The van der Waals surface area contributed by atoms with E-state index in [0.29, 0.717) is 0 Å². The Morgan fingerprint density at radius 3 is 1.25 bits per heavy atom. The molecular formula is C10H12O2. The van der Waals surface area contributed by atoms with E-state index < -0.39 is 0 Å². The van der Waals surface area contributed by atoms with Gasteiger partial charge in [0.05, 0.1) is 12.5 Å². The van der Waals surface area contributed by atoms with Crippen LogP contribution in [0.15, 0.2) is 49.0 Å². The third-order valence-corrected chi connectivity index (χ3v) is 1.23. The molecule has 0 saturated carbocycles. The molecule has 0 N–H and O–H groups in total. The SMILES string of the molecule is C1=CCOC=C1.C1=CCOC=C1. The predicted octanol–water partition coefficient (Wildman–Crippen LogP) is 2.17. The molecule has 2 rings (SSSR count). The highest BCUT2D eigenvalue weighted by atomic mass is 16.5. The van der Waals surface area contributed by atoms with E-state index in [0.717, 1.165) is 13.2 Å². The van der Waals surface area contributed by atoms with E-state index >= 15 is 0 Å². The summed E-state index contributed by atoms with van der Waals surface area (Å²) in [5.74, 6) is 0. The molecule has 0 saturated heterocycles. The van der Waals surface area contributed by atoms with Crippen molar-refractivity contribution in [3.8, 4) is 0 Å². The van der Waals surface area contributed by atoms with Crippen LogP contribution in [-0.4, -0.2) is 13.2 Å². The summed E-state index contributed by atoms with van der Waals surface area (Å²) in [4.78, 5) is 0. The van der Waals surface area contributed by atoms with Crippen molar-refractivity contribution in [2.24, 2.45) is 0 Å². The fourth-order valence-electron chi connectivity index (χ4n) is 0.692. The first-order chi connectivity index (χ1) is 6.00. The minimum Gasteiger partial charge on any atom is -0.497 e. The van der Waals surface area contributed by atoms with Crippen LogP contribution in [-0.2, 0) is 9.47 Å². The van der Waals surface area contributed by atoms with Gasteiger partial charge in [0.25, 0.3) is 0 Å². The molecule has 0 unspecified atom stereocenters. The van der Waals surface area contributed by atoms with Gasteiger partial charge in [-0.15, -0.1) is 0 Å². The van der Waals surface area contributed by atoms with Gasteiger partial charge in [0, 0.05) is 0 Å². The van der Waals surface area contributed by atoms with Crippen molar-refractivity contribution in [2.75, 3.05) is 13.2 Å². The molecule has 2 aliphatic heterocycles. The Morgan fingerprint density at radius 1 is 0.667 bits per heavy atom. The van der Waals surface area contributed by atoms with Crippen LogP contribution in [0.1, 0.15) is 0 Å². The maximum atomic E-state index is 4.80. The molecule has 0 atom stereocenters. The van der Waals surface area contributed by atoms with Crippen LogP contribution in [0.2, 0.25) is 0 Å². The summed E-state index contributed by atoms with van der Waals surface area (Å²) in [5.41, 5.74) is 0. The lowest BCUT2D eigenvalue weighted by atomic mass is 10.5. The summed E-state index contributed by atoms with van der Waals surface area (Å²) < 4.78 is 9.60. The van der Waals surface area contributed by atoms with Gasteiger partial charge >= 0.3 is 0 Å². The Bertz CT molecular complexity index is 164. The third kappa shape index (κ3) is 4.39. The van der Waals surface area contributed by atoms with Crippen molar-refractivity contribution in [2.45, 2.75) is 0 Å². The van der Waals surface area contributed by atoms with E-state index in [1.165, 1.54) is 0 Å². The Morgan fingerprint density at radius 2 is 1.17 bits per heavy atom. The maximum absolute atomic E-state index is 4.80. The third-order valence-electron chi connectivity index (χ3n) is 1.23. The highest BCUT2D eigenvalue weighted by Crippen LogP contribution is 1.87. The van der Waals surface area contributed by atoms with E-state index in [-0.39, 0.29) is 0 Å². The van der Waals surface area contributed by atoms with Gasteiger partial charge < -0.3 is 9.47 Å². The van der Waals surface area contributed by atoms with Gasteiger partial charge in [0.1, 0.15) is 13.2 Å². The summed E-state index contributed by atoms with van der Waals surface area (Å²) in [6, 6.07) is 0. The molecule has 0 amide bonds. The summed E-state index contributed by atoms with van der Waals surface area (Å²) in [7, 11) is 0. The lowest BCUT2D eigenvalue weighted by Crippen LogP contribution is -1.82. The summed E-state index contributed by atoms with van der Waals surface area (Å²) in [5, 5.41) is 0. The topological polar surface area (TPSA) is 18.5 Å². The van der Waals surface area contributed by atoms with E-state index in [1.54, 1.807) is 12.5 Å². The molecule has 0 aromatic heterocycles. The summed E-state index contributed by atoms with van der Waals surface area (Å²) in [6.07, 6.45) is 14.9. The van der Waals surface area contributed by atoms with Crippen LogP contribution >= 0.6 is 0 Å². The van der Waals surface area contributed by atoms with Crippen LogP contribution < -0.4 is 0 Å². The zero-order chi connectivity index (χ0) is 8.49. The van der Waals surface area contributed by atoms with E-state index in [9.17, 15) is 0 Å². The van der Waals surface area contributed by atoms with Gasteiger partial charge in [-0.1, -0.05) is 12.2 Å². The van der Waals surface area contributed by atoms with E-state index in [2.05, 4.69) is 0 Å². The molecule has 0 fully saturated rings. The molecule has 0 spiro atoms.